The first-order valence-electron chi connectivity index (χ1n) is 18.7. The Morgan fingerprint density at radius 2 is 1.67 bits per heavy atom. The van der Waals surface area contributed by atoms with Gasteiger partial charge < -0.3 is 35.2 Å². The molecule has 1 aliphatic heterocycles. The third kappa shape index (κ3) is 11.5. The van der Waals surface area contributed by atoms with Crippen molar-refractivity contribution >= 4 is 75.3 Å². The van der Waals surface area contributed by atoms with Gasteiger partial charge in [0.25, 0.3) is 11.8 Å². The van der Waals surface area contributed by atoms with Crippen molar-refractivity contribution in [2.45, 2.75) is 69.8 Å². The maximum atomic E-state index is 13.8. The van der Waals surface area contributed by atoms with Crippen molar-refractivity contribution in [3.63, 3.8) is 0 Å². The molecule has 14 heteroatoms. The van der Waals surface area contributed by atoms with Crippen molar-refractivity contribution in [2.75, 3.05) is 42.8 Å². The predicted octanol–water partition coefficient (Wildman–Crippen LogP) is 8.20. The van der Waals surface area contributed by atoms with E-state index in [0.29, 0.717) is 41.2 Å². The van der Waals surface area contributed by atoms with Crippen LogP contribution in [0.2, 0.25) is 0 Å². The van der Waals surface area contributed by atoms with Gasteiger partial charge in [-0.05, 0) is 100 Å². The normalized spacial score (nSPS) is 13.2. The summed E-state index contributed by atoms with van der Waals surface area (Å²) in [5.74, 6) is -1.79. The van der Waals surface area contributed by atoms with Gasteiger partial charge in [0.2, 0.25) is 5.91 Å². The summed E-state index contributed by atoms with van der Waals surface area (Å²) in [4.78, 5) is 71.9. The minimum atomic E-state index is -0.653. The molecule has 0 fully saturated rings. The topological polar surface area (TPSA) is 146 Å². The molecule has 1 aliphatic rings. The van der Waals surface area contributed by atoms with Gasteiger partial charge in [-0.25, -0.2) is 9.59 Å². The van der Waals surface area contributed by atoms with Crippen LogP contribution in [0.1, 0.15) is 77.8 Å². The Hall–Kier alpha value is -5.60. The molecular weight excluding hydrogens is 763 g/mol. The van der Waals surface area contributed by atoms with Crippen LogP contribution in [0, 0.1) is 0 Å². The molecule has 12 nitrogen and oxygen atoms in total. The van der Waals surface area contributed by atoms with E-state index in [1.54, 1.807) is 60.4 Å². The van der Waals surface area contributed by atoms with Gasteiger partial charge in [0.05, 0.1) is 24.0 Å². The van der Waals surface area contributed by atoms with Gasteiger partial charge in [-0.15, -0.1) is 23.1 Å². The number of nitrogens with zero attached hydrogens (tertiary/aromatic N) is 2. The van der Waals surface area contributed by atoms with Gasteiger partial charge in [0.1, 0.15) is 16.3 Å². The molecule has 2 heterocycles. The number of esters is 1. The molecule has 0 spiro atoms. The number of carbonyl (C=O) groups excluding carboxylic acids is 5. The molecule has 5 rings (SSSR count). The van der Waals surface area contributed by atoms with Crippen LogP contribution in [0.3, 0.4) is 0 Å². The number of thiophene rings is 1. The summed E-state index contributed by atoms with van der Waals surface area (Å²) in [6.45, 7) is 9.82. The smallest absolute Gasteiger partial charge is 0.410 e. The standard InChI is InChI=1S/C43H49N5O7S2/c1-8-34(39(51)46-40-36(41(52)54-9-2)32-22-23-48(26-35(32)57-40)42(53)55-43(3,4)5)56-31-17-13-16-29(25-31)44-38(50)33(45-37(49)28-14-11-10-12-15-28)24-27-18-20-30(21-19-27)47(6)7/h10-21,24-25,34H,8-9,22-23,26H2,1-7H3,(H,44,50)(H,45,49)(H,46,51)/b33-24+. The number of thioether (sulfide) groups is 1. The summed E-state index contributed by atoms with van der Waals surface area (Å²) < 4.78 is 11.0. The summed E-state index contributed by atoms with van der Waals surface area (Å²) in [6, 6.07) is 23.3. The van der Waals surface area contributed by atoms with Gasteiger partial charge in [-0.3, -0.25) is 14.4 Å². The molecule has 4 amide bonds. The van der Waals surface area contributed by atoms with Crippen LogP contribution >= 0.6 is 23.1 Å². The van der Waals surface area contributed by atoms with Crippen molar-refractivity contribution in [3.8, 4) is 0 Å². The number of anilines is 3. The van der Waals surface area contributed by atoms with Gasteiger partial charge in [0.15, 0.2) is 0 Å². The van der Waals surface area contributed by atoms with Crippen LogP contribution in [-0.2, 0) is 32.0 Å². The fraction of sp³-hybridized carbons (Fsp3) is 0.326. The highest BCUT2D eigenvalue weighted by Gasteiger charge is 2.33. The Morgan fingerprint density at radius 1 is 0.947 bits per heavy atom. The molecule has 57 heavy (non-hydrogen) atoms. The Labute approximate surface area is 342 Å². The molecule has 4 aromatic rings. The van der Waals surface area contributed by atoms with Crippen LogP contribution in [0.4, 0.5) is 21.2 Å². The summed E-state index contributed by atoms with van der Waals surface area (Å²) in [6.07, 6.45) is 2.05. The maximum absolute atomic E-state index is 13.8. The van der Waals surface area contributed by atoms with Crippen molar-refractivity contribution in [1.82, 2.24) is 10.2 Å². The van der Waals surface area contributed by atoms with E-state index in [2.05, 4.69) is 16.0 Å². The second-order valence-corrected chi connectivity index (χ2v) is 16.8. The molecule has 0 bridgehead atoms. The summed E-state index contributed by atoms with van der Waals surface area (Å²) in [5.41, 5.74) is 3.05. The van der Waals surface area contributed by atoms with E-state index in [0.717, 1.165) is 26.6 Å². The molecular formula is C43H49N5O7S2. The Kier molecular flexibility index (Phi) is 14.2. The molecule has 300 valence electrons. The van der Waals surface area contributed by atoms with Gasteiger partial charge in [-0.2, -0.15) is 0 Å². The zero-order valence-electron chi connectivity index (χ0n) is 33.3. The van der Waals surface area contributed by atoms with Crippen molar-refractivity contribution in [1.29, 1.82) is 0 Å². The van der Waals surface area contributed by atoms with Crippen LogP contribution in [0.25, 0.3) is 6.08 Å². The molecule has 0 saturated carbocycles. The first-order chi connectivity index (χ1) is 27.1. The predicted molar refractivity (Wildman–Crippen MR) is 227 cm³/mol. The van der Waals surface area contributed by atoms with Crippen LogP contribution in [0.5, 0.6) is 0 Å². The lowest BCUT2D eigenvalue weighted by Gasteiger charge is -2.30. The molecule has 3 aromatic carbocycles. The van der Waals surface area contributed by atoms with Crippen molar-refractivity contribution in [2.24, 2.45) is 0 Å². The lowest BCUT2D eigenvalue weighted by molar-refractivity contribution is -0.116. The third-order valence-electron chi connectivity index (χ3n) is 8.71. The minimum Gasteiger partial charge on any atom is -0.462 e. The Bertz CT molecular complexity index is 2130. The number of ether oxygens (including phenoxy) is 2. The lowest BCUT2D eigenvalue weighted by Crippen LogP contribution is -2.39. The van der Waals surface area contributed by atoms with Gasteiger partial charge in [0, 0.05) is 47.4 Å². The van der Waals surface area contributed by atoms with E-state index < -0.39 is 34.7 Å². The molecule has 3 N–H and O–H groups in total. The average Bonchev–Trinajstić information content (AvgIpc) is 3.53. The molecule has 1 atom stereocenters. The molecule has 0 saturated heterocycles. The largest absolute Gasteiger partial charge is 0.462 e. The van der Waals surface area contributed by atoms with Crippen LogP contribution < -0.4 is 20.9 Å². The second kappa shape index (κ2) is 19.0. The van der Waals surface area contributed by atoms with E-state index in [4.69, 9.17) is 9.47 Å². The van der Waals surface area contributed by atoms with Crippen LogP contribution in [0.15, 0.2) is 89.5 Å². The fourth-order valence-corrected chi connectivity index (χ4v) is 8.16. The first-order valence-corrected chi connectivity index (χ1v) is 20.4. The Balaban J connectivity index is 1.32. The quantitative estimate of drug-likeness (QED) is 0.0691. The maximum Gasteiger partial charge on any atom is 0.410 e. The van der Waals surface area contributed by atoms with E-state index in [1.807, 2.05) is 83.1 Å². The molecule has 1 unspecified atom stereocenters. The zero-order chi connectivity index (χ0) is 41.3. The van der Waals surface area contributed by atoms with Gasteiger partial charge >= 0.3 is 12.1 Å². The number of hydrogen-bond donors (Lipinski definition) is 3. The monoisotopic (exact) mass is 811 g/mol. The highest BCUT2D eigenvalue weighted by Crippen LogP contribution is 2.39. The summed E-state index contributed by atoms with van der Waals surface area (Å²) in [7, 11) is 3.87. The molecule has 0 radical (unpaired) electrons. The lowest BCUT2D eigenvalue weighted by atomic mass is 10.0. The summed E-state index contributed by atoms with van der Waals surface area (Å²) >= 11 is 2.57. The molecule has 1 aromatic heterocycles. The van der Waals surface area contributed by atoms with Crippen molar-refractivity contribution < 1.29 is 33.4 Å². The SMILES string of the molecule is CCOC(=O)c1c(NC(=O)C(CC)Sc2cccc(NC(=O)/C(=C\c3ccc(N(C)C)cc3)NC(=O)c3ccccc3)c2)sc2c1CCN(C(=O)OC(C)(C)C)C2. The number of carbonyl (C=O) groups is 5. The number of fused-ring (bicyclic) bond motifs is 1. The van der Waals surface area contributed by atoms with E-state index in [1.165, 1.54) is 23.1 Å². The minimum absolute atomic E-state index is 0.0515. The number of nitrogens with one attached hydrogen (secondary N) is 3. The zero-order valence-corrected chi connectivity index (χ0v) is 34.9. The second-order valence-electron chi connectivity index (χ2n) is 14.4. The molecule has 0 aliphatic carbocycles. The average molecular weight is 812 g/mol. The highest BCUT2D eigenvalue weighted by molar-refractivity contribution is 8.00. The van der Waals surface area contributed by atoms with E-state index in [9.17, 15) is 24.0 Å². The first kappa shape index (κ1) is 42.5. The van der Waals surface area contributed by atoms with Crippen LogP contribution in [-0.4, -0.2) is 72.8 Å². The van der Waals surface area contributed by atoms with E-state index in [-0.39, 0.29) is 24.8 Å². The fourth-order valence-electron chi connectivity index (χ4n) is 5.90. The number of amides is 4. The van der Waals surface area contributed by atoms with Gasteiger partial charge in [-0.1, -0.05) is 43.3 Å². The number of benzene rings is 3. The summed E-state index contributed by atoms with van der Waals surface area (Å²) in [5, 5.41) is 8.48. The van der Waals surface area contributed by atoms with Crippen molar-refractivity contribution in [3.05, 3.63) is 112 Å². The highest BCUT2D eigenvalue weighted by atomic mass is 32.2. The number of rotatable bonds is 13. The Morgan fingerprint density at radius 3 is 2.32 bits per heavy atom. The van der Waals surface area contributed by atoms with E-state index >= 15 is 0 Å². The number of hydrogen-bond acceptors (Lipinski definition) is 10. The third-order valence-corrected chi connectivity index (χ3v) is 11.2.